The minimum atomic E-state index is -0.763. The summed E-state index contributed by atoms with van der Waals surface area (Å²) in [5.41, 5.74) is 0.842. The molecule has 7 nitrogen and oxygen atoms in total. The first kappa shape index (κ1) is 14.7. The number of carbonyl (C=O) groups is 2. The first-order chi connectivity index (χ1) is 10.5. The molecule has 1 N–H and O–H groups in total. The lowest BCUT2D eigenvalue weighted by Gasteiger charge is -2.38. The molecule has 3 heterocycles. The fourth-order valence-electron chi connectivity index (χ4n) is 3.12. The van der Waals surface area contributed by atoms with Crippen molar-refractivity contribution in [2.45, 2.75) is 32.7 Å². The zero-order valence-corrected chi connectivity index (χ0v) is 12.8. The summed E-state index contributed by atoms with van der Waals surface area (Å²) >= 11 is 0. The molecule has 0 bridgehead atoms. The molecule has 7 heteroatoms. The van der Waals surface area contributed by atoms with Crippen molar-refractivity contribution in [2.75, 3.05) is 24.5 Å². The molecule has 0 saturated carbocycles. The average Bonchev–Trinajstić information content (AvgIpc) is 2.84. The molecule has 1 aromatic rings. The molecule has 2 aliphatic heterocycles. The molecular weight excluding hydrogens is 284 g/mol. The van der Waals surface area contributed by atoms with Crippen LogP contribution in [0.15, 0.2) is 6.07 Å². The van der Waals surface area contributed by atoms with E-state index >= 15 is 0 Å². The third kappa shape index (κ3) is 2.63. The van der Waals surface area contributed by atoms with Crippen LogP contribution in [-0.4, -0.2) is 51.5 Å². The van der Waals surface area contributed by atoms with Gasteiger partial charge in [0.1, 0.15) is 5.82 Å². The van der Waals surface area contributed by atoms with Gasteiger partial charge >= 0.3 is 5.97 Å². The predicted molar refractivity (Wildman–Crippen MR) is 79.5 cm³/mol. The topological polar surface area (TPSA) is 86.6 Å². The Balaban J connectivity index is 1.82. The standard InChI is InChI=1S/C15H20N4O3/c1-9-6-13(18-7-11(8-18)15(21)22)17-14(16-9)12-4-3-5-19(12)10(2)20/h6,11-12H,3-5,7-8H2,1-2H3,(H,21,22)/t12-/m0/s1. The number of likely N-dealkylation sites (tertiary alicyclic amines) is 1. The van der Waals surface area contributed by atoms with Crippen LogP contribution in [0.25, 0.3) is 0 Å². The van der Waals surface area contributed by atoms with Gasteiger partial charge in [0, 0.05) is 38.3 Å². The molecule has 0 radical (unpaired) electrons. The van der Waals surface area contributed by atoms with Gasteiger partial charge in [0.05, 0.1) is 12.0 Å². The molecule has 2 aliphatic rings. The number of carboxylic acids is 1. The number of carbonyl (C=O) groups excluding carboxylic acids is 1. The van der Waals surface area contributed by atoms with Crippen molar-refractivity contribution in [3.05, 3.63) is 17.6 Å². The Kier molecular flexibility index (Phi) is 3.72. The van der Waals surface area contributed by atoms with Crippen LogP contribution in [0.2, 0.25) is 0 Å². The second kappa shape index (κ2) is 5.55. The molecular formula is C15H20N4O3. The minimum Gasteiger partial charge on any atom is -0.481 e. The molecule has 1 atom stereocenters. The third-order valence-corrected chi connectivity index (χ3v) is 4.37. The largest absolute Gasteiger partial charge is 0.481 e. The summed E-state index contributed by atoms with van der Waals surface area (Å²) in [4.78, 5) is 35.5. The third-order valence-electron chi connectivity index (χ3n) is 4.37. The molecule has 2 saturated heterocycles. The van der Waals surface area contributed by atoms with Gasteiger partial charge in [-0.25, -0.2) is 9.97 Å². The minimum absolute atomic E-state index is 0.0454. The highest BCUT2D eigenvalue weighted by atomic mass is 16.4. The van der Waals surface area contributed by atoms with E-state index in [1.165, 1.54) is 0 Å². The van der Waals surface area contributed by atoms with Crippen molar-refractivity contribution in [3.63, 3.8) is 0 Å². The van der Waals surface area contributed by atoms with Gasteiger partial charge in [-0.15, -0.1) is 0 Å². The number of rotatable bonds is 3. The van der Waals surface area contributed by atoms with Crippen LogP contribution in [0, 0.1) is 12.8 Å². The summed E-state index contributed by atoms with van der Waals surface area (Å²) in [5.74, 6) is 0.389. The number of carboxylic acid groups (broad SMARTS) is 1. The van der Waals surface area contributed by atoms with Crippen LogP contribution in [-0.2, 0) is 9.59 Å². The van der Waals surface area contributed by atoms with E-state index in [9.17, 15) is 9.59 Å². The molecule has 1 aromatic heterocycles. The van der Waals surface area contributed by atoms with Crippen molar-refractivity contribution in [2.24, 2.45) is 5.92 Å². The lowest BCUT2D eigenvalue weighted by atomic mass is 10.0. The van der Waals surface area contributed by atoms with Gasteiger partial charge < -0.3 is 14.9 Å². The van der Waals surface area contributed by atoms with E-state index in [2.05, 4.69) is 9.97 Å². The summed E-state index contributed by atoms with van der Waals surface area (Å²) in [6, 6.07) is 1.81. The van der Waals surface area contributed by atoms with Crippen LogP contribution in [0.4, 0.5) is 5.82 Å². The van der Waals surface area contributed by atoms with Gasteiger partial charge in [-0.2, -0.15) is 0 Å². The number of amides is 1. The maximum Gasteiger partial charge on any atom is 0.310 e. The van der Waals surface area contributed by atoms with E-state index in [1.54, 1.807) is 6.92 Å². The van der Waals surface area contributed by atoms with Gasteiger partial charge in [-0.3, -0.25) is 9.59 Å². The van der Waals surface area contributed by atoms with Crippen LogP contribution in [0.1, 0.15) is 37.3 Å². The first-order valence-corrected chi connectivity index (χ1v) is 7.56. The van der Waals surface area contributed by atoms with Crippen LogP contribution < -0.4 is 4.90 Å². The molecule has 0 aromatic carbocycles. The van der Waals surface area contributed by atoms with Gasteiger partial charge in [0.15, 0.2) is 5.82 Å². The van der Waals surface area contributed by atoms with Crippen LogP contribution in [0.5, 0.6) is 0 Å². The SMILES string of the molecule is CC(=O)N1CCC[C@H]1c1nc(C)cc(N2CC(C(=O)O)C2)n1. The van der Waals surface area contributed by atoms with Gasteiger partial charge in [0.25, 0.3) is 0 Å². The van der Waals surface area contributed by atoms with Crippen molar-refractivity contribution in [1.82, 2.24) is 14.9 Å². The summed E-state index contributed by atoms with van der Waals surface area (Å²) in [5, 5.41) is 8.97. The number of hydrogen-bond acceptors (Lipinski definition) is 5. The van der Waals surface area contributed by atoms with Crippen LogP contribution >= 0.6 is 0 Å². The highest BCUT2D eigenvalue weighted by Crippen LogP contribution is 2.32. The molecule has 0 spiro atoms. The van der Waals surface area contributed by atoms with Crippen LogP contribution in [0.3, 0.4) is 0 Å². The van der Waals surface area contributed by atoms with E-state index in [4.69, 9.17) is 5.11 Å². The molecule has 0 unspecified atom stereocenters. The van der Waals surface area contributed by atoms with Gasteiger partial charge in [-0.05, 0) is 19.8 Å². The molecule has 2 fully saturated rings. The van der Waals surface area contributed by atoms with E-state index in [0.717, 1.165) is 30.9 Å². The number of nitrogens with zero attached hydrogens (tertiary/aromatic N) is 4. The quantitative estimate of drug-likeness (QED) is 0.896. The van der Waals surface area contributed by atoms with E-state index in [1.807, 2.05) is 22.8 Å². The molecule has 118 valence electrons. The summed E-state index contributed by atoms with van der Waals surface area (Å²) in [6.07, 6.45) is 1.84. The number of anilines is 1. The zero-order chi connectivity index (χ0) is 15.9. The Morgan fingerprint density at radius 1 is 1.32 bits per heavy atom. The highest BCUT2D eigenvalue weighted by molar-refractivity contribution is 5.74. The molecule has 22 heavy (non-hydrogen) atoms. The molecule has 1 amide bonds. The monoisotopic (exact) mass is 304 g/mol. The number of hydrogen-bond donors (Lipinski definition) is 1. The molecule has 3 rings (SSSR count). The second-order valence-electron chi connectivity index (χ2n) is 6.04. The van der Waals surface area contributed by atoms with Gasteiger partial charge in [-0.1, -0.05) is 0 Å². The fraction of sp³-hybridized carbons (Fsp3) is 0.600. The van der Waals surface area contributed by atoms with Gasteiger partial charge in [0.2, 0.25) is 5.91 Å². The second-order valence-corrected chi connectivity index (χ2v) is 6.04. The van der Waals surface area contributed by atoms with E-state index in [0.29, 0.717) is 18.9 Å². The maximum atomic E-state index is 11.7. The Morgan fingerprint density at radius 2 is 2.05 bits per heavy atom. The predicted octanol–water partition coefficient (Wildman–Crippen LogP) is 0.989. The Morgan fingerprint density at radius 3 is 2.68 bits per heavy atom. The highest BCUT2D eigenvalue weighted by Gasteiger charge is 2.35. The Hall–Kier alpha value is -2.18. The fourth-order valence-corrected chi connectivity index (χ4v) is 3.12. The lowest BCUT2D eigenvalue weighted by molar-refractivity contribution is -0.142. The summed E-state index contributed by atoms with van der Waals surface area (Å²) < 4.78 is 0. The van der Waals surface area contributed by atoms with Crippen molar-refractivity contribution < 1.29 is 14.7 Å². The number of aromatic nitrogens is 2. The number of aliphatic carboxylic acids is 1. The number of aryl methyl sites for hydroxylation is 1. The van der Waals surface area contributed by atoms with E-state index in [-0.39, 0.29) is 17.9 Å². The summed E-state index contributed by atoms with van der Waals surface area (Å²) in [6.45, 7) is 5.17. The van der Waals surface area contributed by atoms with E-state index < -0.39 is 5.97 Å². The van der Waals surface area contributed by atoms with Crippen molar-refractivity contribution in [1.29, 1.82) is 0 Å². The molecule has 0 aliphatic carbocycles. The zero-order valence-electron chi connectivity index (χ0n) is 12.8. The van der Waals surface area contributed by atoms with Crippen molar-refractivity contribution >= 4 is 17.7 Å². The normalized spacial score (nSPS) is 21.8. The Bertz CT molecular complexity index is 613. The summed E-state index contributed by atoms with van der Waals surface area (Å²) in [7, 11) is 0. The maximum absolute atomic E-state index is 11.7. The average molecular weight is 304 g/mol. The van der Waals surface area contributed by atoms with Crippen molar-refractivity contribution in [3.8, 4) is 0 Å². The smallest absolute Gasteiger partial charge is 0.310 e. The lowest BCUT2D eigenvalue weighted by Crippen LogP contribution is -2.51. The first-order valence-electron chi connectivity index (χ1n) is 7.56. The Labute approximate surface area is 129 Å².